The van der Waals surface area contributed by atoms with Crippen LogP contribution in [-0.4, -0.2) is 59.4 Å². The molecule has 4 unspecified atom stereocenters. The number of methoxy groups -OCH3 is 1. The van der Waals surface area contributed by atoms with Gasteiger partial charge in [0.15, 0.2) is 0 Å². The average molecular weight is 262 g/mol. The van der Waals surface area contributed by atoms with Crippen LogP contribution in [0.25, 0.3) is 0 Å². The highest BCUT2D eigenvalue weighted by Gasteiger charge is 2.35. The molecule has 0 spiro atoms. The molecule has 1 aliphatic rings. The molecule has 0 aromatic carbocycles. The highest BCUT2D eigenvalue weighted by molar-refractivity contribution is 5.68. The summed E-state index contributed by atoms with van der Waals surface area (Å²) in [6.07, 6.45) is 0.112. The van der Waals surface area contributed by atoms with Gasteiger partial charge in [-0.3, -0.25) is 4.79 Å². The van der Waals surface area contributed by atoms with Gasteiger partial charge in [-0.25, -0.2) is 0 Å². The van der Waals surface area contributed by atoms with E-state index in [4.69, 9.17) is 9.84 Å². The van der Waals surface area contributed by atoms with Crippen molar-refractivity contribution >= 4 is 5.97 Å². The summed E-state index contributed by atoms with van der Waals surface area (Å²) in [5, 5.41) is 28.2. The molecular formula is C12H22O6. The van der Waals surface area contributed by atoms with Crippen molar-refractivity contribution in [1.29, 1.82) is 0 Å². The Kier molecular flexibility index (Phi) is 6.56. The lowest BCUT2D eigenvalue weighted by atomic mass is 9.95. The molecule has 6 nitrogen and oxygen atoms in total. The Morgan fingerprint density at radius 3 is 2.72 bits per heavy atom. The summed E-state index contributed by atoms with van der Waals surface area (Å²) in [5.74, 6) is -0.233. The number of hydrogen-bond donors (Lipinski definition) is 3. The van der Waals surface area contributed by atoms with E-state index in [-0.39, 0.29) is 18.7 Å². The van der Waals surface area contributed by atoms with Crippen molar-refractivity contribution in [2.75, 3.05) is 13.7 Å². The van der Waals surface area contributed by atoms with Crippen molar-refractivity contribution in [2.24, 2.45) is 0 Å². The van der Waals surface area contributed by atoms with E-state index in [9.17, 15) is 15.0 Å². The zero-order valence-corrected chi connectivity index (χ0v) is 10.6. The molecule has 0 saturated carbocycles. The highest BCUT2D eigenvalue weighted by atomic mass is 16.5. The number of aliphatic hydroxyl groups excluding tert-OH is 3. The molecule has 3 N–H and O–H groups in total. The number of ether oxygens (including phenoxy) is 2. The molecule has 0 radical (unpaired) electrons. The lowest BCUT2D eigenvalue weighted by Gasteiger charge is -2.36. The number of carbonyl (C=O) groups is 1. The third-order valence-corrected chi connectivity index (χ3v) is 3.21. The topological polar surface area (TPSA) is 96.2 Å². The number of carbonyl (C=O) groups excluding carboxylic acids is 1. The smallest absolute Gasteiger partial charge is 0.305 e. The normalized spacial score (nSPS) is 32.2. The van der Waals surface area contributed by atoms with Gasteiger partial charge in [0, 0.05) is 12.8 Å². The second-order valence-electron chi connectivity index (χ2n) is 4.59. The molecule has 1 saturated heterocycles. The monoisotopic (exact) mass is 262 g/mol. The average Bonchev–Trinajstić information content (AvgIpc) is 2.38. The van der Waals surface area contributed by atoms with Crippen molar-refractivity contribution in [2.45, 2.75) is 56.5 Å². The van der Waals surface area contributed by atoms with Gasteiger partial charge in [0.1, 0.15) is 12.2 Å². The zero-order chi connectivity index (χ0) is 13.5. The Balaban J connectivity index is 2.24. The Hall–Kier alpha value is -0.690. The largest absolute Gasteiger partial charge is 0.469 e. The number of rotatable bonds is 6. The summed E-state index contributed by atoms with van der Waals surface area (Å²) in [6.45, 7) is -0.309. The van der Waals surface area contributed by atoms with Crippen molar-refractivity contribution in [1.82, 2.24) is 0 Å². The predicted molar refractivity (Wildman–Crippen MR) is 62.9 cm³/mol. The van der Waals surface area contributed by atoms with E-state index in [1.807, 2.05) is 0 Å². The molecule has 0 amide bonds. The minimum atomic E-state index is -1.03. The van der Waals surface area contributed by atoms with Gasteiger partial charge >= 0.3 is 5.97 Å². The van der Waals surface area contributed by atoms with Gasteiger partial charge in [0.05, 0.1) is 25.9 Å². The summed E-state index contributed by atoms with van der Waals surface area (Å²) in [5.41, 5.74) is 0. The molecule has 1 fully saturated rings. The third-order valence-electron chi connectivity index (χ3n) is 3.21. The van der Waals surface area contributed by atoms with Crippen molar-refractivity contribution in [3.63, 3.8) is 0 Å². The lowest BCUT2D eigenvalue weighted by molar-refractivity contribution is -0.181. The van der Waals surface area contributed by atoms with Crippen LogP contribution < -0.4 is 0 Å². The third kappa shape index (κ3) is 4.53. The second kappa shape index (κ2) is 7.68. The van der Waals surface area contributed by atoms with E-state index in [0.717, 1.165) is 6.42 Å². The Morgan fingerprint density at radius 2 is 2.11 bits per heavy atom. The fourth-order valence-corrected chi connectivity index (χ4v) is 2.12. The van der Waals surface area contributed by atoms with E-state index in [1.165, 1.54) is 7.11 Å². The van der Waals surface area contributed by atoms with E-state index >= 15 is 0 Å². The fourth-order valence-electron chi connectivity index (χ4n) is 2.12. The van der Waals surface area contributed by atoms with Crippen LogP contribution in [0, 0.1) is 0 Å². The van der Waals surface area contributed by atoms with Gasteiger partial charge in [-0.05, 0) is 12.8 Å². The molecule has 1 aliphatic heterocycles. The maximum atomic E-state index is 10.9. The maximum Gasteiger partial charge on any atom is 0.305 e. The molecule has 1 rings (SSSR count). The Labute approximate surface area is 107 Å². The molecule has 1 heterocycles. The summed E-state index contributed by atoms with van der Waals surface area (Å²) in [7, 11) is 1.36. The number of esters is 1. The number of hydrogen-bond acceptors (Lipinski definition) is 6. The molecule has 18 heavy (non-hydrogen) atoms. The van der Waals surface area contributed by atoms with Crippen molar-refractivity contribution < 1.29 is 29.6 Å². The summed E-state index contributed by atoms with van der Waals surface area (Å²) in [4.78, 5) is 10.9. The SMILES string of the molecule is COC(=O)CCCCC1CC(O)C(O)C(CO)O1. The predicted octanol–water partition coefficient (Wildman–Crippen LogP) is -0.409. The van der Waals surface area contributed by atoms with E-state index in [1.54, 1.807) is 0 Å². The first-order valence-electron chi connectivity index (χ1n) is 6.27. The first-order valence-corrected chi connectivity index (χ1v) is 6.27. The van der Waals surface area contributed by atoms with Crippen molar-refractivity contribution in [3.05, 3.63) is 0 Å². The van der Waals surface area contributed by atoms with Gasteiger partial charge in [-0.1, -0.05) is 6.42 Å². The van der Waals surface area contributed by atoms with E-state index in [2.05, 4.69) is 4.74 Å². The van der Waals surface area contributed by atoms with Gasteiger partial charge < -0.3 is 24.8 Å². The Bertz CT molecular complexity index is 257. The first kappa shape index (κ1) is 15.4. The molecule has 0 aromatic heterocycles. The van der Waals surface area contributed by atoms with Gasteiger partial charge in [-0.15, -0.1) is 0 Å². The standard InChI is InChI=1S/C12H22O6/c1-17-11(15)5-3-2-4-8-6-9(14)12(16)10(7-13)18-8/h8-10,12-14,16H,2-7H2,1H3. The fraction of sp³-hybridized carbons (Fsp3) is 0.917. The molecule has 106 valence electrons. The lowest BCUT2D eigenvalue weighted by Crippen LogP contribution is -2.49. The van der Waals surface area contributed by atoms with Gasteiger partial charge in [-0.2, -0.15) is 0 Å². The summed E-state index contributed by atoms with van der Waals surface area (Å²) >= 11 is 0. The number of aliphatic hydroxyl groups is 3. The van der Waals surface area contributed by atoms with Gasteiger partial charge in [0.2, 0.25) is 0 Å². The molecular weight excluding hydrogens is 240 g/mol. The molecule has 0 aliphatic carbocycles. The summed E-state index contributed by atoms with van der Waals surface area (Å²) < 4.78 is 10.0. The van der Waals surface area contributed by atoms with E-state index in [0.29, 0.717) is 25.7 Å². The first-order chi connectivity index (χ1) is 8.58. The van der Waals surface area contributed by atoms with E-state index < -0.39 is 18.3 Å². The minimum absolute atomic E-state index is 0.182. The molecule has 0 bridgehead atoms. The van der Waals surface area contributed by atoms with Crippen LogP contribution >= 0.6 is 0 Å². The number of unbranched alkanes of at least 4 members (excludes halogenated alkanes) is 1. The van der Waals surface area contributed by atoms with Crippen LogP contribution in [0.4, 0.5) is 0 Å². The summed E-state index contributed by atoms with van der Waals surface area (Å²) in [6, 6.07) is 0. The van der Waals surface area contributed by atoms with Gasteiger partial charge in [0.25, 0.3) is 0 Å². The molecule has 0 aromatic rings. The second-order valence-corrected chi connectivity index (χ2v) is 4.59. The highest BCUT2D eigenvalue weighted by Crippen LogP contribution is 2.23. The Morgan fingerprint density at radius 1 is 1.39 bits per heavy atom. The van der Waals surface area contributed by atoms with Crippen molar-refractivity contribution in [3.8, 4) is 0 Å². The van der Waals surface area contributed by atoms with Crippen LogP contribution in [0.3, 0.4) is 0 Å². The van der Waals surface area contributed by atoms with Crippen LogP contribution in [0.5, 0.6) is 0 Å². The molecule has 4 atom stereocenters. The zero-order valence-electron chi connectivity index (χ0n) is 10.6. The molecule has 6 heteroatoms. The quantitative estimate of drug-likeness (QED) is 0.445. The van der Waals surface area contributed by atoms with Crippen LogP contribution in [0.1, 0.15) is 32.1 Å². The van der Waals surface area contributed by atoms with Crippen LogP contribution in [-0.2, 0) is 14.3 Å². The van der Waals surface area contributed by atoms with Crippen LogP contribution in [0.2, 0.25) is 0 Å². The minimum Gasteiger partial charge on any atom is -0.469 e. The maximum absolute atomic E-state index is 10.9. The van der Waals surface area contributed by atoms with Crippen LogP contribution in [0.15, 0.2) is 0 Å².